The van der Waals surface area contributed by atoms with Crippen molar-refractivity contribution in [3.8, 4) is 0 Å². The van der Waals surface area contributed by atoms with E-state index >= 15 is 0 Å². The summed E-state index contributed by atoms with van der Waals surface area (Å²) in [6.07, 6.45) is 16.7. The lowest BCUT2D eigenvalue weighted by molar-refractivity contribution is -0.144. The number of morpholine rings is 1. The van der Waals surface area contributed by atoms with Crippen LogP contribution in [0.15, 0.2) is 11.3 Å². The maximum Gasteiger partial charge on any atom is 0.355 e. The van der Waals surface area contributed by atoms with Gasteiger partial charge in [0.15, 0.2) is 0 Å². The van der Waals surface area contributed by atoms with E-state index in [9.17, 15) is 9.59 Å². The van der Waals surface area contributed by atoms with Crippen molar-refractivity contribution in [3.63, 3.8) is 0 Å². The van der Waals surface area contributed by atoms with Crippen molar-refractivity contribution in [1.29, 1.82) is 0 Å². The van der Waals surface area contributed by atoms with Gasteiger partial charge in [0.25, 0.3) is 0 Å². The van der Waals surface area contributed by atoms with Gasteiger partial charge in [-0.3, -0.25) is 9.80 Å². The van der Waals surface area contributed by atoms with Gasteiger partial charge in [0, 0.05) is 39.3 Å². The van der Waals surface area contributed by atoms with Gasteiger partial charge in [-0.25, -0.2) is 9.59 Å². The molecule has 0 spiro atoms. The van der Waals surface area contributed by atoms with Gasteiger partial charge in [0.1, 0.15) is 5.70 Å². The maximum absolute atomic E-state index is 13.0. The number of unbranched alkanes of at least 4 members (excludes halogenated alkanes) is 11. The van der Waals surface area contributed by atoms with Gasteiger partial charge in [-0.05, 0) is 26.7 Å². The van der Waals surface area contributed by atoms with Crippen LogP contribution in [0.4, 0.5) is 0 Å². The van der Waals surface area contributed by atoms with Gasteiger partial charge >= 0.3 is 11.9 Å². The molecule has 2 aliphatic heterocycles. The van der Waals surface area contributed by atoms with Crippen LogP contribution >= 0.6 is 0 Å². The van der Waals surface area contributed by atoms with Crippen LogP contribution in [0.1, 0.15) is 104 Å². The van der Waals surface area contributed by atoms with Crippen LogP contribution in [0, 0.1) is 0 Å². The minimum atomic E-state index is -0.420. The van der Waals surface area contributed by atoms with Crippen molar-refractivity contribution in [2.75, 3.05) is 72.4 Å². The van der Waals surface area contributed by atoms with Gasteiger partial charge in [0.2, 0.25) is 0 Å². The van der Waals surface area contributed by atoms with E-state index < -0.39 is 11.9 Å². The summed E-state index contributed by atoms with van der Waals surface area (Å²) in [5.74, 6) is -0.824. The van der Waals surface area contributed by atoms with Gasteiger partial charge in [-0.2, -0.15) is 0 Å². The molecule has 2 heterocycles. The van der Waals surface area contributed by atoms with Crippen LogP contribution in [0.3, 0.4) is 0 Å². The summed E-state index contributed by atoms with van der Waals surface area (Å²) in [7, 11) is 0. The minimum absolute atomic E-state index is 0.280. The quantitative estimate of drug-likeness (QED) is 0.139. The van der Waals surface area contributed by atoms with Crippen LogP contribution in [0.2, 0.25) is 0 Å². The van der Waals surface area contributed by atoms with E-state index in [1.807, 2.05) is 0 Å². The van der Waals surface area contributed by atoms with E-state index in [-0.39, 0.29) is 13.2 Å². The molecular weight excluding hydrogens is 494 g/mol. The highest BCUT2D eigenvalue weighted by Crippen LogP contribution is 2.23. The molecule has 1 fully saturated rings. The molecule has 0 aromatic heterocycles. The summed E-state index contributed by atoms with van der Waals surface area (Å²) < 4.78 is 16.2. The molecule has 0 aliphatic carbocycles. The Morgan fingerprint density at radius 1 is 0.667 bits per heavy atom. The molecule has 39 heavy (non-hydrogen) atoms. The van der Waals surface area contributed by atoms with Gasteiger partial charge in [-0.1, -0.05) is 77.6 Å². The fraction of sp³-hybridized carbons (Fsp3) is 0.871. The zero-order chi connectivity index (χ0) is 28.1. The van der Waals surface area contributed by atoms with Crippen molar-refractivity contribution in [2.24, 2.45) is 0 Å². The molecule has 0 unspecified atom stereocenters. The number of hydrogen-bond donors (Lipinski definition) is 0. The molecule has 0 bridgehead atoms. The third-order valence-corrected chi connectivity index (χ3v) is 7.68. The summed E-state index contributed by atoms with van der Waals surface area (Å²) >= 11 is 0. The van der Waals surface area contributed by atoms with Crippen molar-refractivity contribution < 1.29 is 23.8 Å². The van der Waals surface area contributed by atoms with E-state index in [4.69, 9.17) is 14.2 Å². The molecule has 0 N–H and O–H groups in total. The molecule has 8 nitrogen and oxygen atoms in total. The van der Waals surface area contributed by atoms with E-state index in [0.717, 1.165) is 52.2 Å². The first-order valence-electron chi connectivity index (χ1n) is 15.9. The Balaban J connectivity index is 1.86. The van der Waals surface area contributed by atoms with E-state index in [1.54, 1.807) is 13.8 Å². The first-order chi connectivity index (χ1) is 19.1. The predicted octanol–water partition coefficient (Wildman–Crippen LogP) is 5.37. The average molecular weight is 552 g/mol. The lowest BCUT2D eigenvalue weighted by Crippen LogP contribution is -2.48. The number of esters is 2. The van der Waals surface area contributed by atoms with Crippen molar-refractivity contribution in [2.45, 2.75) is 104 Å². The summed E-state index contributed by atoms with van der Waals surface area (Å²) in [5.41, 5.74) is 0.829. The predicted molar refractivity (Wildman–Crippen MR) is 156 cm³/mol. The molecule has 0 amide bonds. The molecular formula is C31H57N3O5. The second-order valence-electron chi connectivity index (χ2n) is 10.9. The van der Waals surface area contributed by atoms with Crippen LogP contribution in [0.25, 0.3) is 0 Å². The van der Waals surface area contributed by atoms with E-state index in [2.05, 4.69) is 21.6 Å². The standard InChI is InChI=1S/C31H57N3O5/c1-4-7-8-9-10-11-12-13-14-15-16-17-19-33-26-28(30(35)38-5-2)29(31(36)39-6-3)34(27-33)21-18-20-32-22-24-37-25-23-32/h4-27H2,1-3H3. The van der Waals surface area contributed by atoms with Gasteiger partial charge in [0.05, 0.1) is 38.7 Å². The van der Waals surface area contributed by atoms with E-state index in [0.29, 0.717) is 31.0 Å². The number of carbonyl (C=O) groups is 2. The Hall–Kier alpha value is -1.64. The molecule has 226 valence electrons. The van der Waals surface area contributed by atoms with Crippen LogP contribution in [-0.2, 0) is 23.8 Å². The number of ether oxygens (including phenoxy) is 3. The summed E-state index contributed by atoms with van der Waals surface area (Å²) in [6, 6.07) is 0. The maximum atomic E-state index is 13.0. The lowest BCUT2D eigenvalue weighted by Gasteiger charge is -2.39. The Labute approximate surface area is 238 Å². The second kappa shape index (κ2) is 21.2. The number of carbonyl (C=O) groups excluding carboxylic acids is 2. The molecule has 0 radical (unpaired) electrons. The first-order valence-corrected chi connectivity index (χ1v) is 15.9. The molecule has 2 aliphatic rings. The van der Waals surface area contributed by atoms with Crippen molar-refractivity contribution in [3.05, 3.63) is 11.3 Å². The highest BCUT2D eigenvalue weighted by atomic mass is 16.5. The Morgan fingerprint density at radius 2 is 1.21 bits per heavy atom. The lowest BCUT2D eigenvalue weighted by atomic mass is 10.0. The Bertz CT molecular complexity index is 708. The number of rotatable bonds is 21. The highest BCUT2D eigenvalue weighted by Gasteiger charge is 2.34. The molecule has 0 saturated carbocycles. The normalized spacial score (nSPS) is 17.1. The average Bonchev–Trinajstić information content (AvgIpc) is 2.94. The second-order valence-corrected chi connectivity index (χ2v) is 10.9. The van der Waals surface area contributed by atoms with Gasteiger partial charge in [-0.15, -0.1) is 0 Å². The number of nitrogens with zero attached hydrogens (tertiary/aromatic N) is 3. The zero-order valence-corrected chi connectivity index (χ0v) is 25.4. The Morgan fingerprint density at radius 3 is 1.79 bits per heavy atom. The molecule has 2 rings (SSSR count). The first kappa shape index (κ1) is 33.6. The van der Waals surface area contributed by atoms with Crippen molar-refractivity contribution in [1.82, 2.24) is 14.7 Å². The summed E-state index contributed by atoms with van der Waals surface area (Å²) in [6.45, 7) is 13.5. The SMILES string of the molecule is CCCCCCCCCCCCCCN1CC(C(=O)OCC)=C(C(=O)OCC)N(CCCN2CCOCC2)C1. The number of hydrogen-bond acceptors (Lipinski definition) is 8. The monoisotopic (exact) mass is 551 g/mol. The summed E-state index contributed by atoms with van der Waals surface area (Å²) in [4.78, 5) is 32.7. The Kier molecular flexibility index (Phi) is 18.2. The fourth-order valence-corrected chi connectivity index (χ4v) is 5.50. The van der Waals surface area contributed by atoms with Crippen LogP contribution < -0.4 is 0 Å². The third kappa shape index (κ3) is 13.5. The van der Waals surface area contributed by atoms with Gasteiger partial charge < -0.3 is 19.1 Å². The molecule has 0 aromatic rings. The molecule has 8 heteroatoms. The highest BCUT2D eigenvalue weighted by molar-refractivity contribution is 6.00. The third-order valence-electron chi connectivity index (χ3n) is 7.68. The van der Waals surface area contributed by atoms with Crippen LogP contribution in [0.5, 0.6) is 0 Å². The molecule has 1 saturated heterocycles. The zero-order valence-electron chi connectivity index (χ0n) is 25.4. The van der Waals surface area contributed by atoms with Crippen LogP contribution in [-0.4, -0.2) is 99.0 Å². The van der Waals surface area contributed by atoms with Crippen molar-refractivity contribution >= 4 is 11.9 Å². The van der Waals surface area contributed by atoms with E-state index in [1.165, 1.54) is 70.6 Å². The minimum Gasteiger partial charge on any atom is -0.463 e. The fourth-order valence-electron chi connectivity index (χ4n) is 5.50. The summed E-state index contributed by atoms with van der Waals surface area (Å²) in [5, 5.41) is 0. The smallest absolute Gasteiger partial charge is 0.355 e. The molecule has 0 aromatic carbocycles. The molecule has 0 atom stereocenters. The largest absolute Gasteiger partial charge is 0.463 e. The topological polar surface area (TPSA) is 71.6 Å².